The summed E-state index contributed by atoms with van der Waals surface area (Å²) in [6.07, 6.45) is 9.51. The van der Waals surface area contributed by atoms with Crippen molar-refractivity contribution in [3.8, 4) is 5.75 Å². The largest absolute Gasteiger partial charge is 0.507 e. The maximum atomic E-state index is 10.2. The van der Waals surface area contributed by atoms with E-state index in [9.17, 15) is 5.11 Å². The van der Waals surface area contributed by atoms with Crippen molar-refractivity contribution in [1.82, 2.24) is 0 Å². The molecule has 19 heavy (non-hydrogen) atoms. The number of aromatic hydroxyl groups is 1. The summed E-state index contributed by atoms with van der Waals surface area (Å²) < 4.78 is 0. The van der Waals surface area contributed by atoms with E-state index in [0.717, 1.165) is 11.6 Å². The van der Waals surface area contributed by atoms with E-state index in [-0.39, 0.29) is 0 Å². The maximum Gasteiger partial charge on any atom is 0.123 e. The van der Waals surface area contributed by atoms with Crippen molar-refractivity contribution in [2.24, 2.45) is 0 Å². The van der Waals surface area contributed by atoms with Gasteiger partial charge in [-0.15, -0.1) is 0 Å². The van der Waals surface area contributed by atoms with Crippen LogP contribution in [-0.2, 0) is 0 Å². The number of benzene rings is 2. The first-order valence-corrected chi connectivity index (χ1v) is 6.85. The minimum absolute atomic E-state index is 0.379. The SMILES string of the molecule is CC/C=c1/c(O)ccc2ccc3c(c12)C(C)C=CC=3. The molecule has 0 spiro atoms. The lowest BCUT2D eigenvalue weighted by Crippen LogP contribution is -2.18. The predicted molar refractivity (Wildman–Crippen MR) is 81.6 cm³/mol. The Morgan fingerprint density at radius 1 is 1.21 bits per heavy atom. The number of fused-ring (bicyclic) bond motifs is 3. The van der Waals surface area contributed by atoms with E-state index in [1.165, 1.54) is 21.6 Å². The second-order valence-corrected chi connectivity index (χ2v) is 5.12. The number of allylic oxidation sites excluding steroid dienone is 2. The fourth-order valence-electron chi connectivity index (χ4n) is 2.95. The lowest BCUT2D eigenvalue weighted by Gasteiger charge is -2.16. The quantitative estimate of drug-likeness (QED) is 0.824. The molecule has 1 nitrogen and oxygen atoms in total. The molecule has 0 heterocycles. The van der Waals surface area contributed by atoms with Crippen molar-refractivity contribution in [3.63, 3.8) is 0 Å². The average Bonchev–Trinajstić information content (AvgIpc) is 2.42. The minimum Gasteiger partial charge on any atom is -0.507 e. The number of hydrogen-bond donors (Lipinski definition) is 1. The smallest absolute Gasteiger partial charge is 0.123 e. The van der Waals surface area contributed by atoms with E-state index in [4.69, 9.17) is 0 Å². The van der Waals surface area contributed by atoms with Crippen LogP contribution in [0.15, 0.2) is 36.4 Å². The van der Waals surface area contributed by atoms with Crippen LogP contribution in [0, 0.1) is 0 Å². The fraction of sp³-hybridized carbons (Fsp3) is 0.222. The molecule has 96 valence electrons. The fourth-order valence-corrected chi connectivity index (χ4v) is 2.95. The van der Waals surface area contributed by atoms with Gasteiger partial charge >= 0.3 is 0 Å². The summed E-state index contributed by atoms with van der Waals surface area (Å²) in [7, 11) is 0. The molecule has 0 aromatic heterocycles. The van der Waals surface area contributed by atoms with Gasteiger partial charge in [0, 0.05) is 11.1 Å². The van der Waals surface area contributed by atoms with Crippen LogP contribution in [0.5, 0.6) is 5.75 Å². The second kappa shape index (κ2) is 4.58. The molecule has 0 fully saturated rings. The summed E-state index contributed by atoms with van der Waals surface area (Å²) in [5.41, 5.74) is 1.33. The standard InChI is InChI=1S/C18H18O/c1-3-5-15-16(19)11-10-14-9-8-13-7-4-6-12(2)17(13)18(14)15/h4-12,19H,3H2,1-2H3/b15-5-. The molecule has 1 aliphatic carbocycles. The van der Waals surface area contributed by atoms with Crippen molar-refractivity contribution in [3.05, 3.63) is 52.4 Å². The van der Waals surface area contributed by atoms with E-state index in [1.807, 2.05) is 6.07 Å². The molecular formula is C18H18O. The van der Waals surface area contributed by atoms with Crippen molar-refractivity contribution in [1.29, 1.82) is 0 Å². The third-order valence-electron chi connectivity index (χ3n) is 3.82. The summed E-state index contributed by atoms with van der Waals surface area (Å²) in [5, 5.41) is 14.8. The number of hydrogen-bond acceptors (Lipinski definition) is 1. The summed E-state index contributed by atoms with van der Waals surface area (Å²) in [4.78, 5) is 0. The molecule has 2 aromatic carbocycles. The Hall–Kier alpha value is -2.02. The number of rotatable bonds is 1. The maximum absolute atomic E-state index is 10.2. The normalized spacial score (nSPS) is 18.4. The molecule has 0 aliphatic heterocycles. The van der Waals surface area contributed by atoms with Crippen molar-refractivity contribution in [2.75, 3.05) is 0 Å². The van der Waals surface area contributed by atoms with E-state index in [1.54, 1.807) is 6.07 Å². The number of phenols is 1. The Morgan fingerprint density at radius 3 is 2.79 bits per heavy atom. The molecule has 2 aromatic rings. The van der Waals surface area contributed by atoms with E-state index in [2.05, 4.69) is 50.3 Å². The first-order valence-electron chi connectivity index (χ1n) is 6.85. The molecule has 3 rings (SSSR count). The van der Waals surface area contributed by atoms with Gasteiger partial charge in [0.2, 0.25) is 0 Å². The highest BCUT2D eigenvalue weighted by Crippen LogP contribution is 2.24. The van der Waals surface area contributed by atoms with Crippen LogP contribution in [0.4, 0.5) is 0 Å². The Morgan fingerprint density at radius 2 is 2.00 bits per heavy atom. The van der Waals surface area contributed by atoms with E-state index in [0.29, 0.717) is 11.7 Å². The molecular weight excluding hydrogens is 232 g/mol. The molecule has 0 saturated heterocycles. The van der Waals surface area contributed by atoms with Crippen molar-refractivity contribution in [2.45, 2.75) is 26.2 Å². The highest BCUT2D eigenvalue weighted by Gasteiger charge is 2.13. The molecule has 1 heteroatoms. The summed E-state index contributed by atoms with van der Waals surface area (Å²) in [6, 6.07) is 8.11. The van der Waals surface area contributed by atoms with Crippen LogP contribution in [0.3, 0.4) is 0 Å². The molecule has 0 radical (unpaired) electrons. The van der Waals surface area contributed by atoms with Crippen LogP contribution in [-0.4, -0.2) is 5.11 Å². The van der Waals surface area contributed by atoms with Gasteiger partial charge in [0.15, 0.2) is 0 Å². The molecule has 0 amide bonds. The van der Waals surface area contributed by atoms with Gasteiger partial charge in [-0.3, -0.25) is 0 Å². The lowest BCUT2D eigenvalue weighted by atomic mass is 9.88. The predicted octanol–water partition coefficient (Wildman–Crippen LogP) is 3.19. The van der Waals surface area contributed by atoms with Gasteiger partial charge in [0.05, 0.1) is 0 Å². The van der Waals surface area contributed by atoms with Gasteiger partial charge in [0.1, 0.15) is 5.75 Å². The first kappa shape index (κ1) is 12.0. The Kier molecular flexibility index (Phi) is 2.90. The van der Waals surface area contributed by atoms with Crippen molar-refractivity contribution < 1.29 is 5.11 Å². The third-order valence-corrected chi connectivity index (χ3v) is 3.82. The highest BCUT2D eigenvalue weighted by atomic mass is 16.3. The Bertz CT molecular complexity index is 781. The van der Waals surface area contributed by atoms with Gasteiger partial charge in [0.25, 0.3) is 0 Å². The highest BCUT2D eigenvalue weighted by molar-refractivity contribution is 5.89. The van der Waals surface area contributed by atoms with Gasteiger partial charge in [-0.05, 0) is 34.0 Å². The molecule has 1 aliphatic rings. The van der Waals surface area contributed by atoms with E-state index < -0.39 is 0 Å². The molecule has 1 N–H and O–H groups in total. The second-order valence-electron chi connectivity index (χ2n) is 5.12. The molecule has 1 atom stereocenters. The number of phenolic OH excluding ortho intramolecular Hbond substituents is 1. The molecule has 0 saturated carbocycles. The average molecular weight is 250 g/mol. The van der Waals surface area contributed by atoms with Gasteiger partial charge in [-0.1, -0.05) is 56.4 Å². The van der Waals surface area contributed by atoms with Crippen LogP contribution < -0.4 is 10.4 Å². The summed E-state index contributed by atoms with van der Waals surface area (Å²) in [6.45, 7) is 4.31. The zero-order valence-corrected chi connectivity index (χ0v) is 11.4. The molecule has 0 bridgehead atoms. The van der Waals surface area contributed by atoms with Gasteiger partial charge in [-0.2, -0.15) is 0 Å². The Labute approximate surface area is 113 Å². The summed E-state index contributed by atoms with van der Waals surface area (Å²) >= 11 is 0. The summed E-state index contributed by atoms with van der Waals surface area (Å²) in [5.74, 6) is 0.763. The third kappa shape index (κ3) is 1.86. The zero-order valence-electron chi connectivity index (χ0n) is 11.4. The first-order chi connectivity index (χ1) is 9.22. The van der Waals surface area contributed by atoms with Crippen LogP contribution in [0.25, 0.3) is 22.9 Å². The monoisotopic (exact) mass is 250 g/mol. The van der Waals surface area contributed by atoms with E-state index >= 15 is 0 Å². The van der Waals surface area contributed by atoms with Gasteiger partial charge < -0.3 is 5.11 Å². The van der Waals surface area contributed by atoms with Crippen LogP contribution in [0.1, 0.15) is 31.7 Å². The lowest BCUT2D eigenvalue weighted by molar-refractivity contribution is 0.472. The van der Waals surface area contributed by atoms with Crippen LogP contribution in [0.2, 0.25) is 0 Å². The zero-order chi connectivity index (χ0) is 13.4. The topological polar surface area (TPSA) is 20.2 Å². The van der Waals surface area contributed by atoms with Crippen molar-refractivity contribution >= 4 is 22.9 Å². The van der Waals surface area contributed by atoms with Crippen LogP contribution >= 0.6 is 0 Å². The molecule has 1 unspecified atom stereocenters. The minimum atomic E-state index is 0.379. The van der Waals surface area contributed by atoms with Gasteiger partial charge in [-0.25, -0.2) is 0 Å². The Balaban J connectivity index is 2.56.